The van der Waals surface area contributed by atoms with E-state index in [4.69, 9.17) is 0 Å². The molecular weight excluding hydrogens is 260 g/mol. The second kappa shape index (κ2) is 7.86. The van der Waals surface area contributed by atoms with Crippen molar-refractivity contribution in [3.63, 3.8) is 0 Å². The number of hydrogen-bond donors (Lipinski definition) is 1. The van der Waals surface area contributed by atoms with Gasteiger partial charge in [0.15, 0.2) is 0 Å². The van der Waals surface area contributed by atoms with E-state index in [0.29, 0.717) is 19.4 Å². The second-order valence-corrected chi connectivity index (χ2v) is 4.43. The number of halogens is 6. The first-order chi connectivity index (χ1) is 8.10. The molecule has 1 N–H and O–H groups in total. The zero-order valence-corrected chi connectivity index (χ0v) is 10.3. The van der Waals surface area contributed by atoms with Crippen LogP contribution in [0.15, 0.2) is 0 Å². The van der Waals surface area contributed by atoms with Gasteiger partial charge in [0.1, 0.15) is 0 Å². The molecule has 0 aromatic rings. The normalized spacial score (nSPS) is 14.8. The van der Waals surface area contributed by atoms with E-state index in [9.17, 15) is 26.3 Å². The van der Waals surface area contributed by atoms with Gasteiger partial charge in [0, 0.05) is 18.9 Å². The van der Waals surface area contributed by atoms with Gasteiger partial charge in [-0.25, -0.2) is 0 Å². The number of unbranched alkanes of at least 4 members (excludes halogenated alkanes) is 1. The summed E-state index contributed by atoms with van der Waals surface area (Å²) in [5, 5.41) is 2.92. The van der Waals surface area contributed by atoms with Crippen LogP contribution in [0.2, 0.25) is 0 Å². The number of hydrogen-bond acceptors (Lipinski definition) is 1. The van der Waals surface area contributed by atoms with Crippen molar-refractivity contribution in [1.82, 2.24) is 5.32 Å². The van der Waals surface area contributed by atoms with Crippen LogP contribution < -0.4 is 5.32 Å². The van der Waals surface area contributed by atoms with Crippen LogP contribution >= 0.6 is 0 Å². The summed E-state index contributed by atoms with van der Waals surface area (Å²) in [7, 11) is 0. The van der Waals surface area contributed by atoms with E-state index >= 15 is 0 Å². The van der Waals surface area contributed by atoms with Gasteiger partial charge in [-0.15, -0.1) is 0 Å². The highest BCUT2D eigenvalue weighted by Crippen LogP contribution is 2.23. The zero-order chi connectivity index (χ0) is 14.2. The number of rotatable bonds is 8. The maximum absolute atomic E-state index is 11.8. The third-order valence-corrected chi connectivity index (χ3v) is 2.48. The molecule has 0 saturated carbocycles. The first-order valence-electron chi connectivity index (χ1n) is 5.97. The van der Waals surface area contributed by atoms with E-state index in [0.717, 1.165) is 0 Å². The van der Waals surface area contributed by atoms with Crippen molar-refractivity contribution in [2.24, 2.45) is 0 Å². The molecule has 0 heterocycles. The van der Waals surface area contributed by atoms with Crippen molar-refractivity contribution >= 4 is 0 Å². The van der Waals surface area contributed by atoms with Crippen LogP contribution in [0.4, 0.5) is 26.3 Å². The van der Waals surface area contributed by atoms with Crippen LogP contribution in [-0.4, -0.2) is 24.9 Å². The van der Waals surface area contributed by atoms with E-state index in [1.165, 1.54) is 0 Å². The summed E-state index contributed by atoms with van der Waals surface area (Å²) in [6.07, 6.45) is -9.04. The van der Waals surface area contributed by atoms with E-state index < -0.39 is 25.2 Å². The Bertz CT molecular complexity index is 211. The van der Waals surface area contributed by atoms with Gasteiger partial charge in [-0.1, -0.05) is 0 Å². The maximum atomic E-state index is 11.8. The van der Waals surface area contributed by atoms with Crippen molar-refractivity contribution in [3.8, 4) is 0 Å². The van der Waals surface area contributed by atoms with E-state index in [1.807, 2.05) is 0 Å². The molecule has 1 nitrogen and oxygen atoms in total. The summed E-state index contributed by atoms with van der Waals surface area (Å²) in [5.74, 6) is 0. The topological polar surface area (TPSA) is 12.0 Å². The summed E-state index contributed by atoms with van der Waals surface area (Å²) in [6.45, 7) is 2.14. The first-order valence-corrected chi connectivity index (χ1v) is 5.97. The smallest absolute Gasteiger partial charge is 0.314 e. The largest absolute Gasteiger partial charge is 0.389 e. The van der Waals surface area contributed by atoms with Gasteiger partial charge in [-0.05, 0) is 39.2 Å². The minimum absolute atomic E-state index is 0.0419. The maximum Gasteiger partial charge on any atom is 0.389 e. The Kier molecular flexibility index (Phi) is 7.66. The molecule has 0 aliphatic heterocycles. The van der Waals surface area contributed by atoms with Crippen LogP contribution in [0.5, 0.6) is 0 Å². The van der Waals surface area contributed by atoms with Crippen molar-refractivity contribution in [1.29, 1.82) is 0 Å². The molecule has 7 heteroatoms. The fraction of sp³-hybridized carbons (Fsp3) is 1.00. The second-order valence-electron chi connectivity index (χ2n) is 4.43. The van der Waals surface area contributed by atoms with Gasteiger partial charge in [0.05, 0.1) is 0 Å². The SMILES string of the molecule is CC(CCCC(F)(F)F)NCCCCC(F)(F)F. The molecule has 0 rings (SSSR count). The third-order valence-electron chi connectivity index (χ3n) is 2.48. The molecule has 1 unspecified atom stereocenters. The molecule has 0 amide bonds. The third kappa shape index (κ3) is 13.6. The van der Waals surface area contributed by atoms with Crippen LogP contribution in [0.3, 0.4) is 0 Å². The molecule has 0 saturated heterocycles. The highest BCUT2D eigenvalue weighted by molar-refractivity contribution is 4.63. The van der Waals surface area contributed by atoms with Crippen molar-refractivity contribution < 1.29 is 26.3 Å². The Labute approximate surface area is 103 Å². The summed E-state index contributed by atoms with van der Waals surface area (Å²) in [6, 6.07) is -0.0989. The zero-order valence-electron chi connectivity index (χ0n) is 10.3. The van der Waals surface area contributed by atoms with Gasteiger partial charge >= 0.3 is 12.4 Å². The molecule has 0 spiro atoms. The molecule has 1 atom stereocenters. The molecule has 0 fully saturated rings. The average molecular weight is 279 g/mol. The summed E-state index contributed by atoms with van der Waals surface area (Å²) in [5.41, 5.74) is 0. The van der Waals surface area contributed by atoms with Crippen molar-refractivity contribution in [2.45, 2.75) is 63.8 Å². The van der Waals surface area contributed by atoms with Crippen molar-refractivity contribution in [3.05, 3.63) is 0 Å². The van der Waals surface area contributed by atoms with E-state index in [1.54, 1.807) is 6.92 Å². The molecule has 110 valence electrons. The van der Waals surface area contributed by atoms with Gasteiger partial charge in [0.2, 0.25) is 0 Å². The minimum atomic E-state index is -4.13. The van der Waals surface area contributed by atoms with E-state index in [2.05, 4.69) is 5.32 Å². The summed E-state index contributed by atoms with van der Waals surface area (Å²) >= 11 is 0. The van der Waals surface area contributed by atoms with Crippen LogP contribution in [0.25, 0.3) is 0 Å². The van der Waals surface area contributed by atoms with Gasteiger partial charge in [-0.3, -0.25) is 0 Å². The highest BCUT2D eigenvalue weighted by Gasteiger charge is 2.26. The average Bonchev–Trinajstić information content (AvgIpc) is 2.13. The van der Waals surface area contributed by atoms with Gasteiger partial charge in [-0.2, -0.15) is 26.3 Å². The molecule has 0 aliphatic carbocycles. The molecule has 0 aliphatic rings. The fourth-order valence-electron chi connectivity index (χ4n) is 1.51. The van der Waals surface area contributed by atoms with Crippen LogP contribution in [-0.2, 0) is 0 Å². The lowest BCUT2D eigenvalue weighted by Crippen LogP contribution is -2.27. The lowest BCUT2D eigenvalue weighted by atomic mass is 10.1. The summed E-state index contributed by atoms with van der Waals surface area (Å²) in [4.78, 5) is 0. The molecule has 0 bridgehead atoms. The van der Waals surface area contributed by atoms with Crippen molar-refractivity contribution in [2.75, 3.05) is 6.54 Å². The van der Waals surface area contributed by atoms with E-state index in [-0.39, 0.29) is 18.9 Å². The highest BCUT2D eigenvalue weighted by atomic mass is 19.4. The lowest BCUT2D eigenvalue weighted by molar-refractivity contribution is -0.136. The molecule has 0 aromatic carbocycles. The first kappa shape index (κ1) is 17.5. The molecular formula is C11H19F6N. The standard InChI is InChI=1S/C11H19F6N/c1-9(5-4-7-11(15,16)17)18-8-3-2-6-10(12,13)14/h9,18H,2-8H2,1H3. The fourth-order valence-corrected chi connectivity index (χ4v) is 1.51. The monoisotopic (exact) mass is 279 g/mol. The molecule has 0 aromatic heterocycles. The Morgan fingerprint density at radius 3 is 1.83 bits per heavy atom. The Morgan fingerprint density at radius 1 is 0.833 bits per heavy atom. The quantitative estimate of drug-likeness (QED) is 0.512. The Morgan fingerprint density at radius 2 is 1.33 bits per heavy atom. The lowest BCUT2D eigenvalue weighted by Gasteiger charge is -2.14. The van der Waals surface area contributed by atoms with Gasteiger partial charge in [0.25, 0.3) is 0 Å². The minimum Gasteiger partial charge on any atom is -0.314 e. The number of alkyl halides is 6. The van der Waals surface area contributed by atoms with Crippen LogP contribution in [0, 0.1) is 0 Å². The predicted molar refractivity (Wildman–Crippen MR) is 57.3 cm³/mol. The molecule has 18 heavy (non-hydrogen) atoms. The summed E-state index contributed by atoms with van der Waals surface area (Å²) < 4.78 is 70.9. The van der Waals surface area contributed by atoms with Gasteiger partial charge < -0.3 is 5.32 Å². The van der Waals surface area contributed by atoms with Crippen LogP contribution in [0.1, 0.15) is 45.4 Å². The predicted octanol–water partition coefficient (Wildman–Crippen LogP) is 4.43. The Balaban J connectivity index is 3.40. The Hall–Kier alpha value is -0.460. The number of nitrogens with one attached hydrogen (secondary N) is 1. The molecule has 0 radical (unpaired) electrons.